The van der Waals surface area contributed by atoms with Crippen molar-refractivity contribution in [2.45, 2.75) is 6.18 Å². The molecule has 0 unspecified atom stereocenters. The molecule has 0 saturated carbocycles. The Hall–Kier alpha value is -2.44. The highest BCUT2D eigenvalue weighted by Gasteiger charge is 2.31. The molecule has 4 nitrogen and oxygen atoms in total. The molecule has 0 aliphatic heterocycles. The van der Waals surface area contributed by atoms with E-state index in [9.17, 15) is 18.0 Å². The van der Waals surface area contributed by atoms with E-state index in [1.54, 1.807) is 12.1 Å². The smallest absolute Gasteiger partial charge is 0.416 e. The second-order valence-electron chi connectivity index (χ2n) is 4.21. The van der Waals surface area contributed by atoms with Crippen LogP contribution >= 0.6 is 0 Å². The fourth-order valence-corrected chi connectivity index (χ4v) is 1.88. The second kappa shape index (κ2) is 5.51. The minimum Gasteiger partial charge on any atom is -0.497 e. The van der Waals surface area contributed by atoms with Crippen LogP contribution in [0.25, 0.3) is 11.3 Å². The van der Waals surface area contributed by atoms with Gasteiger partial charge in [-0.15, -0.1) is 0 Å². The topological polar surface area (TPSA) is 51.3 Å². The number of H-pyrrole nitrogens is 1. The predicted octanol–water partition coefficient (Wildman–Crippen LogP) is 3.08. The molecule has 0 aliphatic rings. The van der Waals surface area contributed by atoms with Crippen LogP contribution in [0.4, 0.5) is 13.2 Å². The number of methoxy groups -OCH3 is 2. The number of aromatic nitrogens is 1. The zero-order valence-corrected chi connectivity index (χ0v) is 11.2. The van der Waals surface area contributed by atoms with Crippen molar-refractivity contribution in [2.24, 2.45) is 0 Å². The average molecular weight is 299 g/mol. The number of nitrogens with one attached hydrogen (secondary N) is 1. The number of halogens is 3. The Morgan fingerprint density at radius 3 is 2.33 bits per heavy atom. The van der Waals surface area contributed by atoms with Crippen molar-refractivity contribution in [1.29, 1.82) is 0 Å². The van der Waals surface area contributed by atoms with Crippen molar-refractivity contribution in [3.8, 4) is 22.8 Å². The summed E-state index contributed by atoms with van der Waals surface area (Å²) in [6.07, 6.45) is -4.60. The van der Waals surface area contributed by atoms with Crippen LogP contribution in [0.1, 0.15) is 5.56 Å². The molecule has 1 aromatic heterocycles. The van der Waals surface area contributed by atoms with E-state index in [2.05, 4.69) is 4.98 Å². The van der Waals surface area contributed by atoms with Gasteiger partial charge in [0.05, 0.1) is 25.5 Å². The van der Waals surface area contributed by atoms with E-state index in [1.807, 2.05) is 0 Å². The maximum Gasteiger partial charge on any atom is 0.416 e. The summed E-state index contributed by atoms with van der Waals surface area (Å²) >= 11 is 0. The van der Waals surface area contributed by atoms with Gasteiger partial charge in [0, 0.05) is 11.6 Å². The number of hydrogen-bond donors (Lipinski definition) is 1. The summed E-state index contributed by atoms with van der Waals surface area (Å²) in [5.74, 6) is 0.759. The molecule has 0 spiro atoms. The molecule has 1 aromatic carbocycles. The third-order valence-corrected chi connectivity index (χ3v) is 2.87. The lowest BCUT2D eigenvalue weighted by atomic mass is 10.1. The first-order chi connectivity index (χ1) is 9.85. The zero-order chi connectivity index (χ0) is 15.6. The Morgan fingerprint density at radius 2 is 1.76 bits per heavy atom. The molecule has 2 rings (SSSR count). The molecule has 2 aromatic rings. The third kappa shape index (κ3) is 3.18. The van der Waals surface area contributed by atoms with Crippen LogP contribution in [-0.2, 0) is 6.18 Å². The summed E-state index contributed by atoms with van der Waals surface area (Å²) in [5, 5.41) is 0. The standard InChI is InChI=1S/C14H12F3NO3/c1-20-9-3-4-12(21-2)10(7-9)11-5-8(14(15,16)17)6-13(19)18-11/h3-7H,1-2H3,(H,18,19). The van der Waals surface area contributed by atoms with E-state index in [4.69, 9.17) is 9.47 Å². The van der Waals surface area contributed by atoms with Gasteiger partial charge >= 0.3 is 6.18 Å². The molecular formula is C14H12F3NO3. The van der Waals surface area contributed by atoms with Crippen LogP contribution in [0.3, 0.4) is 0 Å². The van der Waals surface area contributed by atoms with Gasteiger partial charge in [-0.1, -0.05) is 0 Å². The van der Waals surface area contributed by atoms with E-state index in [-0.39, 0.29) is 5.69 Å². The first-order valence-electron chi connectivity index (χ1n) is 5.89. The molecule has 1 heterocycles. The van der Waals surface area contributed by atoms with Gasteiger partial charge in [0.25, 0.3) is 0 Å². The van der Waals surface area contributed by atoms with Gasteiger partial charge < -0.3 is 14.5 Å². The van der Waals surface area contributed by atoms with Crippen LogP contribution in [0.5, 0.6) is 11.5 Å². The largest absolute Gasteiger partial charge is 0.497 e. The Morgan fingerprint density at radius 1 is 1.05 bits per heavy atom. The fraction of sp³-hybridized carbons (Fsp3) is 0.214. The summed E-state index contributed by atoms with van der Waals surface area (Å²) < 4.78 is 48.5. The molecule has 21 heavy (non-hydrogen) atoms. The number of pyridine rings is 1. The molecule has 1 N–H and O–H groups in total. The van der Waals surface area contributed by atoms with Crippen molar-refractivity contribution in [1.82, 2.24) is 4.98 Å². The monoisotopic (exact) mass is 299 g/mol. The highest BCUT2D eigenvalue weighted by atomic mass is 19.4. The molecule has 0 radical (unpaired) electrons. The van der Waals surface area contributed by atoms with E-state index >= 15 is 0 Å². The third-order valence-electron chi connectivity index (χ3n) is 2.87. The average Bonchev–Trinajstić information content (AvgIpc) is 2.45. The lowest BCUT2D eigenvalue weighted by Gasteiger charge is -2.12. The number of alkyl halides is 3. The van der Waals surface area contributed by atoms with E-state index in [0.717, 1.165) is 6.07 Å². The number of benzene rings is 1. The minimum absolute atomic E-state index is 0.00516. The highest BCUT2D eigenvalue weighted by Crippen LogP contribution is 2.35. The van der Waals surface area contributed by atoms with Gasteiger partial charge in [-0.05, 0) is 24.3 Å². The van der Waals surface area contributed by atoms with Crippen molar-refractivity contribution >= 4 is 0 Å². The number of rotatable bonds is 3. The Balaban J connectivity index is 2.66. The van der Waals surface area contributed by atoms with Crippen LogP contribution in [-0.4, -0.2) is 19.2 Å². The molecule has 7 heteroatoms. The van der Waals surface area contributed by atoms with Crippen LogP contribution in [0.15, 0.2) is 35.1 Å². The molecule has 0 bridgehead atoms. The minimum atomic E-state index is -4.60. The Labute approximate surface area is 118 Å². The van der Waals surface area contributed by atoms with Crippen molar-refractivity contribution in [2.75, 3.05) is 14.2 Å². The SMILES string of the molecule is COc1ccc(OC)c(-c2cc(C(F)(F)F)cc(=O)[nH]2)c1. The molecule has 0 saturated heterocycles. The number of hydrogen-bond acceptors (Lipinski definition) is 3. The maximum absolute atomic E-state index is 12.8. The zero-order valence-electron chi connectivity index (χ0n) is 11.2. The van der Waals surface area contributed by atoms with Crippen LogP contribution in [0, 0.1) is 0 Å². The Bertz CT molecular complexity index is 707. The molecule has 0 amide bonds. The molecule has 0 fully saturated rings. The second-order valence-corrected chi connectivity index (χ2v) is 4.21. The fourth-order valence-electron chi connectivity index (χ4n) is 1.88. The summed E-state index contributed by atoms with van der Waals surface area (Å²) in [7, 11) is 2.82. The lowest BCUT2D eigenvalue weighted by Crippen LogP contribution is -2.14. The van der Waals surface area contributed by atoms with Gasteiger partial charge in [0.15, 0.2) is 0 Å². The number of aromatic amines is 1. The van der Waals surface area contributed by atoms with Gasteiger partial charge in [0.2, 0.25) is 5.56 Å². The maximum atomic E-state index is 12.8. The van der Waals surface area contributed by atoms with Crippen molar-refractivity contribution < 1.29 is 22.6 Å². The van der Waals surface area contributed by atoms with Crippen molar-refractivity contribution in [3.63, 3.8) is 0 Å². The quantitative estimate of drug-likeness (QED) is 0.947. The van der Waals surface area contributed by atoms with Crippen molar-refractivity contribution in [3.05, 3.63) is 46.2 Å². The summed E-state index contributed by atoms with van der Waals surface area (Å²) in [6, 6.07) is 6.01. The first-order valence-corrected chi connectivity index (χ1v) is 5.89. The van der Waals surface area contributed by atoms with Gasteiger partial charge in [-0.2, -0.15) is 13.2 Å². The molecular weight excluding hydrogens is 287 g/mol. The van der Waals surface area contributed by atoms with E-state index in [1.165, 1.54) is 20.3 Å². The van der Waals surface area contributed by atoms with E-state index < -0.39 is 17.3 Å². The van der Waals surface area contributed by atoms with Gasteiger partial charge in [-0.3, -0.25) is 4.79 Å². The number of ether oxygens (including phenoxy) is 2. The lowest BCUT2D eigenvalue weighted by molar-refractivity contribution is -0.137. The molecule has 0 aliphatic carbocycles. The molecule has 0 atom stereocenters. The van der Waals surface area contributed by atoms with Gasteiger partial charge in [0.1, 0.15) is 11.5 Å². The van der Waals surface area contributed by atoms with E-state index in [0.29, 0.717) is 23.1 Å². The first kappa shape index (κ1) is 15.0. The predicted molar refractivity (Wildman–Crippen MR) is 70.6 cm³/mol. The Kier molecular flexibility index (Phi) is 3.93. The van der Waals surface area contributed by atoms with Gasteiger partial charge in [-0.25, -0.2) is 0 Å². The summed E-state index contributed by atoms with van der Waals surface area (Å²) in [5.41, 5.74) is -1.55. The normalized spacial score (nSPS) is 11.3. The van der Waals surface area contributed by atoms with Crippen LogP contribution in [0.2, 0.25) is 0 Å². The summed E-state index contributed by atoms with van der Waals surface area (Å²) in [6.45, 7) is 0. The highest BCUT2D eigenvalue weighted by molar-refractivity contribution is 5.69. The summed E-state index contributed by atoms with van der Waals surface area (Å²) in [4.78, 5) is 13.8. The van der Waals surface area contributed by atoms with Crippen LogP contribution < -0.4 is 15.0 Å². The molecule has 112 valence electrons.